The number of hydrogen-bond donors (Lipinski definition) is 8. The predicted molar refractivity (Wildman–Crippen MR) is 455 cm³/mol. The van der Waals surface area contributed by atoms with Gasteiger partial charge in [0.2, 0.25) is 83.1 Å². The molecule has 1 aliphatic carbocycles. The van der Waals surface area contributed by atoms with E-state index in [0.29, 0.717) is 27.0 Å². The van der Waals surface area contributed by atoms with Crippen LogP contribution < -0.4 is 26.7 Å². The Morgan fingerprint density at radius 1 is 0.667 bits per heavy atom. The second-order valence-corrected chi connectivity index (χ2v) is 33.1. The lowest BCUT2D eigenvalue weighted by Gasteiger charge is -2.38. The first-order valence-electron chi connectivity index (χ1n) is 41.7. The molecule has 0 spiro atoms. The van der Waals surface area contributed by atoms with Gasteiger partial charge in [0.15, 0.2) is 17.5 Å². The number of nitrogens with zero attached hydrogens (tertiary/aromatic N) is 18. The molecule has 1 saturated heterocycles. The lowest BCUT2D eigenvalue weighted by atomic mass is 9.81. The molecule has 2 aromatic carbocycles. The molecule has 1 fully saturated rings. The van der Waals surface area contributed by atoms with Crippen molar-refractivity contribution in [3.63, 3.8) is 0 Å². The van der Waals surface area contributed by atoms with Gasteiger partial charge in [-0.25, -0.2) is 23.8 Å². The first kappa shape index (κ1) is 102. The van der Waals surface area contributed by atoms with Crippen molar-refractivity contribution in [2.45, 2.75) is 108 Å². The third-order valence-corrected chi connectivity index (χ3v) is 23.4. The minimum absolute atomic E-state index is 0.00221. The highest BCUT2D eigenvalue weighted by Gasteiger charge is 2.50. The van der Waals surface area contributed by atoms with Gasteiger partial charge in [-0.2, -0.15) is 0 Å². The van der Waals surface area contributed by atoms with E-state index in [2.05, 4.69) is 20.9 Å². The number of nitrogens with two attached hydrogens (primary N) is 1. The number of aliphatic carboxylic acids is 1. The molecule has 7 heterocycles. The number of aromatic nitrogens is 5. The lowest BCUT2D eigenvalue weighted by molar-refractivity contribution is -0.387. The number of imide groups is 1. The van der Waals surface area contributed by atoms with E-state index in [1.54, 1.807) is 6.92 Å². The van der Waals surface area contributed by atoms with Crippen molar-refractivity contribution >= 4 is 123 Å². The average Bonchev–Trinajstić information content (AvgIpc) is 1.50. The zero-order valence-corrected chi connectivity index (χ0v) is 75.5. The summed E-state index contributed by atoms with van der Waals surface area (Å²) in [4.78, 5) is 278. The van der Waals surface area contributed by atoms with Crippen LogP contribution in [-0.4, -0.2) is 413 Å². The number of aliphatic hydroxyl groups excluding tert-OH is 3. The summed E-state index contributed by atoms with van der Waals surface area (Å²) in [6.45, 7) is -6.48. The van der Waals surface area contributed by atoms with Crippen LogP contribution in [0.3, 0.4) is 0 Å². The van der Waals surface area contributed by atoms with Crippen molar-refractivity contribution in [2.24, 2.45) is 5.73 Å². The number of nitro benzene ring substituents is 1. The summed E-state index contributed by atoms with van der Waals surface area (Å²) in [6, 6.07) is 4.59. The number of benzene rings is 2. The molecule has 135 heavy (non-hydrogen) atoms. The number of carboxylic acids is 1. The topological polar surface area (TPSA) is 643 Å². The molecule has 0 bridgehead atoms. The van der Waals surface area contributed by atoms with E-state index in [9.17, 15) is 127 Å². The Morgan fingerprint density at radius 2 is 1.16 bits per heavy atom. The Kier molecular flexibility index (Phi) is 32.4. The standard InChI is InChI=1S/C83H102FN21O30/c1-13-83(129)48-24-53-73-46(28-103(53)78(124)47(48)41-132-81(83)127)72-50(16-15-45-42(2)49(84)25-51(87-73)71(45)72)88-82(128)134-55(43-14-17-54(52(22-43)105(130)131)133-80-76(123)74(121)75(122)77(135-80)79(125)126)23-44-27-102(90-89-44)21-20-101(60(110)26-86-57(107)30-104-58(108)18-19-59(104)109)40-70(120)100(12)39-69(119)99(11)38-68(118)98(10)37-67(117)97(9)36-66(116)96(8)35-65(115)95(7)34-64(114)94(6)33-63(113)93(5)32-62(112)92(4)31-61(111)91(3)29-56(85)106/h14,17-19,22,24-25,27,50,55,74-77,80,121-123,129H,13,15-16,20-21,23,26,28-41H2,1-12H3,(H2,85,106)(H,86,107)(H,88,128)(H,125,126)/t50-,55?,74-,75-,76?,77?,80+,83?/m0/s1. The number of hydrogen-bond acceptors (Lipinski definition) is 32. The van der Waals surface area contributed by atoms with Gasteiger partial charge in [0.05, 0.1) is 131 Å². The number of fused-ring (bicyclic) bond motifs is 5. The maximum atomic E-state index is 16.0. The number of pyridine rings is 2. The number of ether oxygens (including phenoxy) is 4. The number of alkyl carbamates (subject to hydrolysis) is 1. The SMILES string of the molecule is CCC1(O)C(=O)OCc2c1cc1n(c2=O)Cc2c-1nc1cc(F)c(C)c3c1c2[C@@H](NC(=O)OC(Cc1cn(CCN(CC(=O)N(C)CC(=O)N(C)CC(=O)N(C)CC(=O)N(C)CC(=O)N(C)CC(=O)N(C)CC(=O)N(C)CC(=O)N(C)CC(=O)N(C)CC(=O)N(C)CC(N)=O)C(=O)CNC(=O)CN2C(=O)C=CC2=O)nn1)c1ccc(O[C@@H]2OC(C(=O)O)[C@@H](O)[C@H](O)C2O)c([N+](=O)[O-])c1)CC3. The quantitative estimate of drug-likeness (QED) is 0.00769. The number of cyclic esters (lactones) is 1. The van der Waals surface area contributed by atoms with Crippen LogP contribution in [0.2, 0.25) is 0 Å². The summed E-state index contributed by atoms with van der Waals surface area (Å²) >= 11 is 0. The number of carboxylic acid groups (broad SMARTS) is 1. The second kappa shape index (κ2) is 42.7. The van der Waals surface area contributed by atoms with Crippen LogP contribution in [0.25, 0.3) is 22.3 Å². The van der Waals surface area contributed by atoms with Crippen molar-refractivity contribution in [2.75, 3.05) is 162 Å². The van der Waals surface area contributed by atoms with Crippen molar-refractivity contribution in [3.05, 3.63) is 120 Å². The fraction of sp³-hybridized carbons (Fsp3) is 0.494. The highest BCUT2D eigenvalue weighted by atomic mass is 19.1. The van der Waals surface area contributed by atoms with Crippen molar-refractivity contribution < 1.29 is 140 Å². The summed E-state index contributed by atoms with van der Waals surface area (Å²) in [5.74, 6) is -15.9. The van der Waals surface area contributed by atoms with Crippen LogP contribution in [0.1, 0.15) is 76.5 Å². The third-order valence-electron chi connectivity index (χ3n) is 23.4. The van der Waals surface area contributed by atoms with Crippen LogP contribution in [-0.2, 0) is 134 Å². The van der Waals surface area contributed by atoms with Gasteiger partial charge in [-0.15, -0.1) is 5.10 Å². The number of nitro groups is 1. The molecule has 52 heteroatoms. The normalized spacial score (nSPS) is 17.9. The first-order valence-corrected chi connectivity index (χ1v) is 41.7. The molecule has 5 aromatic rings. The molecule has 0 saturated carbocycles. The van der Waals surface area contributed by atoms with E-state index in [1.165, 1.54) is 100 Å². The fourth-order valence-electron chi connectivity index (χ4n) is 15.1. The Hall–Kier alpha value is -14.9. The van der Waals surface area contributed by atoms with Gasteiger partial charge in [-0.05, 0) is 60.6 Å². The van der Waals surface area contributed by atoms with Gasteiger partial charge in [-0.3, -0.25) is 96.4 Å². The summed E-state index contributed by atoms with van der Waals surface area (Å²) in [5.41, 5.74) is 3.07. The third kappa shape index (κ3) is 23.6. The number of esters is 1. The first-order chi connectivity index (χ1) is 63.4. The summed E-state index contributed by atoms with van der Waals surface area (Å²) in [5, 5.41) is 80.1. The van der Waals surface area contributed by atoms with Crippen molar-refractivity contribution in [1.29, 1.82) is 0 Å². The van der Waals surface area contributed by atoms with E-state index in [4.69, 9.17) is 29.7 Å². The minimum Gasteiger partial charge on any atom is -0.479 e. The summed E-state index contributed by atoms with van der Waals surface area (Å²) < 4.78 is 40.7. The predicted octanol–water partition coefficient (Wildman–Crippen LogP) is -7.07. The number of rotatable bonds is 39. The van der Waals surface area contributed by atoms with E-state index in [0.717, 1.165) is 88.9 Å². The van der Waals surface area contributed by atoms with Crippen LogP contribution >= 0.6 is 0 Å². The number of likely N-dealkylation sites (N-methyl/N-ethyl adjacent to an activating group) is 10. The van der Waals surface area contributed by atoms with Crippen molar-refractivity contribution in [1.82, 2.24) is 94.0 Å². The lowest BCUT2D eigenvalue weighted by Crippen LogP contribution is -2.61. The smallest absolute Gasteiger partial charge is 0.408 e. The highest BCUT2D eigenvalue weighted by Crippen LogP contribution is 2.47. The van der Waals surface area contributed by atoms with Crippen LogP contribution in [0.15, 0.2) is 53.5 Å². The number of nitrogens with one attached hydrogen (secondary N) is 2. The summed E-state index contributed by atoms with van der Waals surface area (Å²) in [6.07, 6.45) is -11.1. The number of carbonyl (C=O) groups excluding carboxylic acids is 17. The van der Waals surface area contributed by atoms with Gasteiger partial charge in [0, 0.05) is 130 Å². The largest absolute Gasteiger partial charge is 0.479 e. The molecule has 10 rings (SSSR count). The minimum atomic E-state index is -2.22. The van der Waals surface area contributed by atoms with Crippen LogP contribution in [0, 0.1) is 22.9 Å². The molecule has 16 amide bonds. The van der Waals surface area contributed by atoms with E-state index in [1.807, 2.05) is 0 Å². The molecule has 4 aliphatic heterocycles. The van der Waals surface area contributed by atoms with E-state index in [-0.39, 0.29) is 83.7 Å². The van der Waals surface area contributed by atoms with Crippen LogP contribution in [0.4, 0.5) is 14.9 Å². The van der Waals surface area contributed by atoms with Gasteiger partial charge in [0.1, 0.15) is 43.4 Å². The highest BCUT2D eigenvalue weighted by molar-refractivity contribution is 6.14. The molecule has 8 atom stereocenters. The molecule has 9 N–H and O–H groups in total. The number of amides is 16. The fourth-order valence-corrected chi connectivity index (χ4v) is 15.1. The van der Waals surface area contributed by atoms with Crippen LogP contribution in [0.5, 0.6) is 5.75 Å². The number of aliphatic hydroxyl groups is 4. The van der Waals surface area contributed by atoms with Gasteiger partial charge < -0.3 is 119 Å². The molecule has 3 aromatic heterocycles. The molecular formula is C83H102FN21O30. The summed E-state index contributed by atoms with van der Waals surface area (Å²) in [7, 11) is 12.5. The van der Waals surface area contributed by atoms with E-state index >= 15 is 4.39 Å². The second-order valence-electron chi connectivity index (χ2n) is 33.1. The molecule has 4 unspecified atom stereocenters. The average molecular weight is 1890 g/mol. The molecule has 5 aliphatic rings. The van der Waals surface area contributed by atoms with Crippen molar-refractivity contribution in [3.8, 4) is 17.1 Å². The zero-order chi connectivity index (χ0) is 99.7. The molecule has 726 valence electrons. The number of halogens is 1. The maximum Gasteiger partial charge on any atom is 0.408 e. The maximum absolute atomic E-state index is 16.0. The zero-order valence-electron chi connectivity index (χ0n) is 75.5. The number of aryl methyl sites for hydroxylation is 1. The van der Waals surface area contributed by atoms with Gasteiger partial charge in [0.25, 0.3) is 17.4 Å². The molecule has 51 nitrogen and oxygen atoms in total. The Bertz CT molecular complexity index is 5730. The monoisotopic (exact) mass is 1890 g/mol. The number of primary amides is 1. The van der Waals surface area contributed by atoms with Gasteiger partial charge in [-0.1, -0.05) is 18.2 Å². The Morgan fingerprint density at radius 3 is 1.64 bits per heavy atom. The molecular weight excluding hydrogens is 1790 g/mol. The Labute approximate surface area is 766 Å². The van der Waals surface area contributed by atoms with E-state index < -0.39 is 281 Å². The molecule has 0 radical (unpaired) electrons. The Balaban J connectivity index is 0.790. The van der Waals surface area contributed by atoms with Gasteiger partial charge >= 0.3 is 23.7 Å². The number of carbonyl (C=O) groups is 18.